The molecule has 0 radical (unpaired) electrons. The summed E-state index contributed by atoms with van der Waals surface area (Å²) in [5, 5.41) is 22.4. The van der Waals surface area contributed by atoms with Gasteiger partial charge in [-0.15, -0.1) is 11.3 Å². The molecule has 0 saturated carbocycles. The number of nitrogens with one attached hydrogen (secondary N) is 4. The lowest BCUT2D eigenvalue weighted by Crippen LogP contribution is -2.45. The first-order valence-electron chi connectivity index (χ1n) is 4.99. The molecular formula is C10H17N5S. The van der Waals surface area contributed by atoms with Crippen LogP contribution in [0.3, 0.4) is 0 Å². The maximum Gasteiger partial charge on any atom is 0.197 e. The number of thiophene rings is 1. The standard InChI is InChI=1S/C10H17N5S/c1-13-9(11)14-10(12)15(2)6-5-8-4-3-7-16-8/h3-4,7H,5-6H2,1-2H3,(H4,11,12,13,14). The molecule has 0 spiro atoms. The van der Waals surface area contributed by atoms with Gasteiger partial charge in [-0.05, 0) is 17.9 Å². The van der Waals surface area contributed by atoms with Crippen molar-refractivity contribution in [2.75, 3.05) is 20.6 Å². The Morgan fingerprint density at radius 1 is 1.50 bits per heavy atom. The lowest BCUT2D eigenvalue weighted by molar-refractivity contribution is 0.494. The smallest absolute Gasteiger partial charge is 0.197 e. The molecule has 1 rings (SSSR count). The molecule has 88 valence electrons. The van der Waals surface area contributed by atoms with Crippen LogP contribution in [0.15, 0.2) is 17.5 Å². The van der Waals surface area contributed by atoms with E-state index in [4.69, 9.17) is 10.8 Å². The predicted octanol–water partition coefficient (Wildman–Crippen LogP) is 0.901. The molecule has 16 heavy (non-hydrogen) atoms. The van der Waals surface area contributed by atoms with Gasteiger partial charge < -0.3 is 10.2 Å². The summed E-state index contributed by atoms with van der Waals surface area (Å²) in [4.78, 5) is 3.09. The van der Waals surface area contributed by atoms with Crippen molar-refractivity contribution >= 4 is 23.3 Å². The Morgan fingerprint density at radius 3 is 2.81 bits per heavy atom. The molecule has 1 heterocycles. The number of guanidine groups is 2. The SMILES string of the molecule is CNC(=N)NC(=N)N(C)CCc1cccs1. The zero-order valence-electron chi connectivity index (χ0n) is 9.50. The van der Waals surface area contributed by atoms with Gasteiger partial charge in [-0.1, -0.05) is 6.07 Å². The summed E-state index contributed by atoms with van der Waals surface area (Å²) in [5.74, 6) is 0.365. The van der Waals surface area contributed by atoms with E-state index in [0.717, 1.165) is 13.0 Å². The van der Waals surface area contributed by atoms with E-state index < -0.39 is 0 Å². The molecule has 0 aliphatic heterocycles. The fourth-order valence-electron chi connectivity index (χ4n) is 1.12. The summed E-state index contributed by atoms with van der Waals surface area (Å²) in [7, 11) is 3.49. The molecule has 0 unspecified atom stereocenters. The molecule has 5 nitrogen and oxygen atoms in total. The van der Waals surface area contributed by atoms with Gasteiger partial charge in [0.15, 0.2) is 11.9 Å². The summed E-state index contributed by atoms with van der Waals surface area (Å²) < 4.78 is 0. The zero-order chi connectivity index (χ0) is 12.0. The Morgan fingerprint density at radius 2 is 2.25 bits per heavy atom. The summed E-state index contributed by atoms with van der Waals surface area (Å²) in [6.07, 6.45) is 0.922. The number of hydrogen-bond acceptors (Lipinski definition) is 3. The Hall–Kier alpha value is -1.56. The average molecular weight is 239 g/mol. The first kappa shape index (κ1) is 12.5. The van der Waals surface area contributed by atoms with Crippen molar-refractivity contribution in [3.05, 3.63) is 22.4 Å². The van der Waals surface area contributed by atoms with E-state index in [-0.39, 0.29) is 11.9 Å². The molecule has 6 heteroatoms. The van der Waals surface area contributed by atoms with Gasteiger partial charge in [-0.25, -0.2) is 0 Å². The van der Waals surface area contributed by atoms with Crippen LogP contribution in [-0.4, -0.2) is 37.5 Å². The van der Waals surface area contributed by atoms with E-state index >= 15 is 0 Å². The molecular weight excluding hydrogens is 222 g/mol. The summed E-state index contributed by atoms with van der Waals surface area (Å²) in [6.45, 7) is 0.767. The van der Waals surface area contributed by atoms with Crippen molar-refractivity contribution in [1.82, 2.24) is 15.5 Å². The van der Waals surface area contributed by atoms with Gasteiger partial charge >= 0.3 is 0 Å². The van der Waals surface area contributed by atoms with Gasteiger partial charge in [-0.2, -0.15) is 0 Å². The lowest BCUT2D eigenvalue weighted by Gasteiger charge is -2.20. The van der Waals surface area contributed by atoms with Crippen molar-refractivity contribution in [3.63, 3.8) is 0 Å². The number of likely N-dealkylation sites (N-methyl/N-ethyl adjacent to an activating group) is 1. The van der Waals surface area contributed by atoms with Gasteiger partial charge in [0.1, 0.15) is 0 Å². The van der Waals surface area contributed by atoms with Crippen LogP contribution in [0.1, 0.15) is 4.88 Å². The largest absolute Gasteiger partial charge is 0.359 e. The second kappa shape index (κ2) is 6.12. The van der Waals surface area contributed by atoms with Crippen molar-refractivity contribution < 1.29 is 0 Å². The highest BCUT2D eigenvalue weighted by Crippen LogP contribution is 2.09. The number of rotatable bonds is 3. The minimum Gasteiger partial charge on any atom is -0.359 e. The van der Waals surface area contributed by atoms with Crippen LogP contribution in [0.5, 0.6) is 0 Å². The third-order valence-electron chi connectivity index (χ3n) is 2.15. The van der Waals surface area contributed by atoms with E-state index in [2.05, 4.69) is 22.1 Å². The Labute approximate surface area is 99.5 Å². The highest BCUT2D eigenvalue weighted by molar-refractivity contribution is 7.09. The lowest BCUT2D eigenvalue weighted by atomic mass is 10.3. The van der Waals surface area contributed by atoms with Crippen molar-refractivity contribution in [2.45, 2.75) is 6.42 Å². The van der Waals surface area contributed by atoms with E-state index in [9.17, 15) is 0 Å². The Kier molecular flexibility index (Phi) is 4.78. The fraction of sp³-hybridized carbons (Fsp3) is 0.400. The van der Waals surface area contributed by atoms with Crippen LogP contribution in [-0.2, 0) is 6.42 Å². The molecule has 0 bridgehead atoms. The molecule has 0 aliphatic carbocycles. The Bertz CT molecular complexity index is 346. The maximum absolute atomic E-state index is 7.69. The molecule has 0 aliphatic rings. The van der Waals surface area contributed by atoms with E-state index in [1.807, 2.05) is 13.1 Å². The van der Waals surface area contributed by atoms with Gasteiger partial charge in [0.2, 0.25) is 0 Å². The summed E-state index contributed by atoms with van der Waals surface area (Å²) in [5.41, 5.74) is 0. The van der Waals surface area contributed by atoms with Gasteiger partial charge in [-0.3, -0.25) is 16.1 Å². The van der Waals surface area contributed by atoms with E-state index in [1.54, 1.807) is 23.3 Å². The maximum atomic E-state index is 7.69. The van der Waals surface area contributed by atoms with Gasteiger partial charge in [0.05, 0.1) is 0 Å². The van der Waals surface area contributed by atoms with E-state index in [0.29, 0.717) is 0 Å². The first-order valence-corrected chi connectivity index (χ1v) is 5.87. The van der Waals surface area contributed by atoms with Crippen LogP contribution in [0.4, 0.5) is 0 Å². The number of nitrogens with zero attached hydrogens (tertiary/aromatic N) is 1. The third-order valence-corrected chi connectivity index (χ3v) is 3.09. The van der Waals surface area contributed by atoms with Crippen molar-refractivity contribution in [3.8, 4) is 0 Å². The van der Waals surface area contributed by atoms with Crippen LogP contribution >= 0.6 is 11.3 Å². The summed E-state index contributed by atoms with van der Waals surface area (Å²) in [6, 6.07) is 4.12. The molecule has 1 aromatic rings. The molecule has 0 atom stereocenters. The molecule has 0 aromatic carbocycles. The minimum atomic E-state index is 0.132. The normalized spacial score (nSPS) is 9.62. The highest BCUT2D eigenvalue weighted by atomic mass is 32.1. The zero-order valence-corrected chi connectivity index (χ0v) is 10.3. The van der Waals surface area contributed by atoms with Crippen molar-refractivity contribution in [1.29, 1.82) is 10.8 Å². The molecule has 0 amide bonds. The monoisotopic (exact) mass is 239 g/mol. The topological polar surface area (TPSA) is 75.0 Å². The van der Waals surface area contributed by atoms with Gasteiger partial charge in [0, 0.05) is 25.5 Å². The molecule has 1 aromatic heterocycles. The number of hydrogen-bond donors (Lipinski definition) is 4. The van der Waals surface area contributed by atoms with Crippen molar-refractivity contribution in [2.24, 2.45) is 0 Å². The summed E-state index contributed by atoms with van der Waals surface area (Å²) >= 11 is 1.72. The van der Waals surface area contributed by atoms with Gasteiger partial charge in [0.25, 0.3) is 0 Å². The first-order chi connectivity index (χ1) is 7.63. The minimum absolute atomic E-state index is 0.132. The highest BCUT2D eigenvalue weighted by Gasteiger charge is 2.05. The third kappa shape index (κ3) is 3.90. The predicted molar refractivity (Wildman–Crippen MR) is 68.3 cm³/mol. The molecule has 0 fully saturated rings. The average Bonchev–Trinajstić information content (AvgIpc) is 2.78. The second-order valence-corrected chi connectivity index (χ2v) is 4.38. The quantitative estimate of drug-likeness (QED) is 0.468. The Balaban J connectivity index is 2.31. The fourth-order valence-corrected chi connectivity index (χ4v) is 1.82. The van der Waals surface area contributed by atoms with Crippen LogP contribution in [0.2, 0.25) is 0 Å². The molecule has 0 saturated heterocycles. The molecule has 4 N–H and O–H groups in total. The van der Waals surface area contributed by atoms with Crippen LogP contribution < -0.4 is 10.6 Å². The van der Waals surface area contributed by atoms with E-state index in [1.165, 1.54) is 4.88 Å². The van der Waals surface area contributed by atoms with Crippen LogP contribution in [0.25, 0.3) is 0 Å². The second-order valence-electron chi connectivity index (χ2n) is 3.35. The van der Waals surface area contributed by atoms with Crippen LogP contribution in [0, 0.1) is 10.8 Å².